The van der Waals surface area contributed by atoms with E-state index in [9.17, 15) is 0 Å². The van der Waals surface area contributed by atoms with E-state index in [-0.39, 0.29) is 0 Å². The number of H-pyrrole nitrogens is 1. The van der Waals surface area contributed by atoms with E-state index in [1.807, 2.05) is 24.4 Å². The van der Waals surface area contributed by atoms with Crippen LogP contribution in [0.4, 0.5) is 0 Å². The van der Waals surface area contributed by atoms with Crippen molar-refractivity contribution in [1.82, 2.24) is 20.6 Å². The fourth-order valence-electron chi connectivity index (χ4n) is 3.07. The number of guanidine groups is 1. The number of nitrogens with one attached hydrogen (secondary N) is 3. The van der Waals surface area contributed by atoms with Gasteiger partial charge in [-0.2, -0.15) is 0 Å². The van der Waals surface area contributed by atoms with Crippen molar-refractivity contribution in [2.24, 2.45) is 4.99 Å². The first-order valence-electron chi connectivity index (χ1n) is 10.2. The smallest absolute Gasteiger partial charge is 0.191 e. The Bertz CT molecular complexity index is 711. The highest BCUT2D eigenvalue weighted by Gasteiger charge is 2.14. The van der Waals surface area contributed by atoms with Crippen LogP contribution in [0.15, 0.2) is 41.5 Å². The van der Waals surface area contributed by atoms with Crippen LogP contribution in [0.2, 0.25) is 0 Å². The van der Waals surface area contributed by atoms with Crippen molar-refractivity contribution >= 4 is 5.96 Å². The molecular weight excluding hydrogens is 354 g/mol. The Kier molecular flexibility index (Phi) is 8.33. The van der Waals surface area contributed by atoms with Crippen molar-refractivity contribution in [2.45, 2.75) is 38.8 Å². The summed E-state index contributed by atoms with van der Waals surface area (Å²) in [6, 6.07) is 10.2. The van der Waals surface area contributed by atoms with E-state index in [1.54, 1.807) is 0 Å². The molecule has 2 heterocycles. The summed E-state index contributed by atoms with van der Waals surface area (Å²) >= 11 is 0. The largest absolute Gasteiger partial charge is 0.379 e. The molecule has 7 nitrogen and oxygen atoms in total. The number of ether oxygens (including phenoxy) is 2. The van der Waals surface area contributed by atoms with Gasteiger partial charge in [-0.05, 0) is 31.7 Å². The van der Waals surface area contributed by atoms with E-state index in [0.717, 1.165) is 68.6 Å². The molecule has 1 unspecified atom stereocenters. The van der Waals surface area contributed by atoms with E-state index in [4.69, 9.17) is 9.47 Å². The molecule has 0 bridgehead atoms. The molecule has 1 saturated heterocycles. The number of nitrogens with zero attached hydrogens (tertiary/aromatic N) is 2. The zero-order valence-electron chi connectivity index (χ0n) is 16.6. The second-order valence-electron chi connectivity index (χ2n) is 6.80. The molecule has 1 aliphatic rings. The van der Waals surface area contributed by atoms with Gasteiger partial charge in [-0.1, -0.05) is 30.3 Å². The van der Waals surface area contributed by atoms with Crippen LogP contribution in [0.25, 0.3) is 11.3 Å². The third-order valence-corrected chi connectivity index (χ3v) is 4.53. The average molecular weight is 386 g/mol. The van der Waals surface area contributed by atoms with Crippen LogP contribution in [0, 0.1) is 0 Å². The Morgan fingerprint density at radius 3 is 3.00 bits per heavy atom. The van der Waals surface area contributed by atoms with E-state index < -0.39 is 0 Å². The van der Waals surface area contributed by atoms with Crippen LogP contribution in [-0.2, 0) is 16.0 Å². The summed E-state index contributed by atoms with van der Waals surface area (Å²) in [5.74, 6) is 1.63. The van der Waals surface area contributed by atoms with Crippen molar-refractivity contribution < 1.29 is 9.47 Å². The lowest BCUT2D eigenvalue weighted by atomic mass is 10.2. The lowest BCUT2D eigenvalue weighted by Crippen LogP contribution is -2.38. The Morgan fingerprint density at radius 1 is 1.32 bits per heavy atom. The summed E-state index contributed by atoms with van der Waals surface area (Å²) in [4.78, 5) is 12.4. The number of rotatable bonds is 10. The number of benzene rings is 1. The van der Waals surface area contributed by atoms with Gasteiger partial charge in [0.25, 0.3) is 0 Å². The minimum Gasteiger partial charge on any atom is -0.379 e. The lowest BCUT2D eigenvalue weighted by molar-refractivity contribution is 0.0168. The highest BCUT2D eigenvalue weighted by Crippen LogP contribution is 2.16. The van der Waals surface area contributed by atoms with Crippen molar-refractivity contribution in [1.29, 1.82) is 0 Å². The topological polar surface area (TPSA) is 83.6 Å². The summed E-state index contributed by atoms with van der Waals surface area (Å²) in [6.45, 7) is 6.49. The van der Waals surface area contributed by atoms with Gasteiger partial charge in [-0.25, -0.2) is 9.98 Å². The molecule has 2 aromatic rings. The molecular formula is C21H31N5O2. The average Bonchev–Trinajstić information content (AvgIpc) is 3.41. The minimum absolute atomic E-state index is 0.293. The van der Waals surface area contributed by atoms with Gasteiger partial charge in [0.1, 0.15) is 12.4 Å². The first kappa shape index (κ1) is 20.4. The van der Waals surface area contributed by atoms with E-state index in [0.29, 0.717) is 19.3 Å². The van der Waals surface area contributed by atoms with Gasteiger partial charge in [0.15, 0.2) is 5.96 Å². The van der Waals surface area contributed by atoms with Gasteiger partial charge in [-0.15, -0.1) is 0 Å². The van der Waals surface area contributed by atoms with Gasteiger partial charge >= 0.3 is 0 Å². The zero-order valence-corrected chi connectivity index (χ0v) is 16.6. The fraction of sp³-hybridized carbons (Fsp3) is 0.524. The maximum absolute atomic E-state index is 5.69. The lowest BCUT2D eigenvalue weighted by Gasteiger charge is -2.12. The highest BCUT2D eigenvalue weighted by molar-refractivity contribution is 5.79. The summed E-state index contributed by atoms with van der Waals surface area (Å²) < 4.78 is 11.2. The van der Waals surface area contributed by atoms with Gasteiger partial charge < -0.3 is 25.1 Å². The van der Waals surface area contributed by atoms with Crippen molar-refractivity contribution in [3.63, 3.8) is 0 Å². The normalized spacial score (nSPS) is 17.0. The van der Waals surface area contributed by atoms with Crippen LogP contribution in [0.5, 0.6) is 0 Å². The second kappa shape index (κ2) is 11.5. The Labute approximate surface area is 167 Å². The number of aromatic nitrogens is 2. The van der Waals surface area contributed by atoms with Crippen LogP contribution in [-0.4, -0.2) is 54.9 Å². The van der Waals surface area contributed by atoms with Crippen molar-refractivity contribution in [3.05, 3.63) is 42.4 Å². The molecule has 1 fully saturated rings. The number of aliphatic imine (C=N–C) groups is 1. The number of hydrogen-bond donors (Lipinski definition) is 3. The molecule has 152 valence electrons. The first-order chi connectivity index (χ1) is 13.8. The Hall–Kier alpha value is -2.38. The summed E-state index contributed by atoms with van der Waals surface area (Å²) in [5.41, 5.74) is 2.13. The number of hydrogen-bond acceptors (Lipinski definition) is 4. The van der Waals surface area contributed by atoms with Crippen molar-refractivity contribution in [2.75, 3.05) is 32.9 Å². The molecule has 0 spiro atoms. The predicted molar refractivity (Wildman–Crippen MR) is 111 cm³/mol. The minimum atomic E-state index is 0.293. The maximum Gasteiger partial charge on any atom is 0.191 e. The van der Waals surface area contributed by atoms with E-state index >= 15 is 0 Å². The Balaban J connectivity index is 1.39. The monoisotopic (exact) mass is 385 g/mol. The molecule has 1 aromatic heterocycles. The molecule has 1 atom stereocenters. The van der Waals surface area contributed by atoms with Crippen molar-refractivity contribution in [3.8, 4) is 11.3 Å². The summed E-state index contributed by atoms with van der Waals surface area (Å²) in [5, 5.41) is 6.61. The van der Waals surface area contributed by atoms with Crippen LogP contribution in [0.1, 0.15) is 32.0 Å². The van der Waals surface area contributed by atoms with Gasteiger partial charge in [-0.3, -0.25) is 0 Å². The quantitative estimate of drug-likeness (QED) is 0.333. The highest BCUT2D eigenvalue weighted by atomic mass is 16.5. The Morgan fingerprint density at radius 2 is 2.21 bits per heavy atom. The molecule has 3 rings (SSSR count). The molecule has 1 aromatic carbocycles. The molecule has 0 saturated carbocycles. The van der Waals surface area contributed by atoms with Crippen LogP contribution in [0.3, 0.4) is 0 Å². The molecule has 0 amide bonds. The fourth-order valence-corrected chi connectivity index (χ4v) is 3.07. The van der Waals surface area contributed by atoms with Gasteiger partial charge in [0.2, 0.25) is 0 Å². The standard InChI is InChI=1S/C21H31N5O2/c1-2-22-21(23-11-7-12-27-16-18-10-6-13-28-18)25-15-20-24-14-19(26-20)17-8-4-3-5-9-17/h3-5,8-9,14,18H,2,6-7,10-13,15-16H2,1H3,(H,24,26)(H2,22,23,25). The van der Waals surface area contributed by atoms with Gasteiger partial charge in [0, 0.05) is 26.3 Å². The molecule has 3 N–H and O–H groups in total. The summed E-state index contributed by atoms with van der Waals surface area (Å²) in [7, 11) is 0. The van der Waals surface area contributed by atoms with Gasteiger partial charge in [0.05, 0.1) is 24.6 Å². The number of aromatic amines is 1. The number of imidazole rings is 1. The molecule has 28 heavy (non-hydrogen) atoms. The van der Waals surface area contributed by atoms with E-state index in [2.05, 4.69) is 44.7 Å². The van der Waals surface area contributed by atoms with E-state index in [1.165, 1.54) is 0 Å². The van der Waals surface area contributed by atoms with Crippen LogP contribution >= 0.6 is 0 Å². The maximum atomic E-state index is 5.69. The molecule has 0 radical (unpaired) electrons. The first-order valence-corrected chi connectivity index (χ1v) is 10.2. The SMILES string of the molecule is CCNC(=NCc1ncc(-c2ccccc2)[nH]1)NCCCOCC1CCCO1. The second-order valence-corrected chi connectivity index (χ2v) is 6.80. The predicted octanol–water partition coefficient (Wildman–Crippen LogP) is 2.72. The van der Waals surface area contributed by atoms with Crippen LogP contribution < -0.4 is 10.6 Å². The molecule has 0 aliphatic carbocycles. The third-order valence-electron chi connectivity index (χ3n) is 4.53. The third kappa shape index (κ3) is 6.65. The molecule has 7 heteroatoms. The zero-order chi connectivity index (χ0) is 19.4. The summed E-state index contributed by atoms with van der Waals surface area (Å²) in [6.07, 6.45) is 5.34. The molecule has 1 aliphatic heterocycles.